The van der Waals surface area contributed by atoms with Crippen LogP contribution in [-0.2, 0) is 28.7 Å². The minimum atomic E-state index is -4.35. The number of hydrogen-bond donors (Lipinski definition) is 1. The van der Waals surface area contributed by atoms with Crippen LogP contribution in [-0.4, -0.2) is 44.0 Å². The van der Waals surface area contributed by atoms with E-state index in [1.807, 2.05) is 0 Å². The first kappa shape index (κ1) is 17.9. The molecule has 1 aliphatic rings. The molecule has 1 aromatic carbocycles. The van der Waals surface area contributed by atoms with Crippen molar-refractivity contribution in [2.75, 3.05) is 6.61 Å². The minimum absolute atomic E-state index is 0.0860. The molecule has 1 aromatic rings. The van der Waals surface area contributed by atoms with Crippen molar-refractivity contribution in [1.29, 1.82) is 0 Å². The molecule has 9 nitrogen and oxygen atoms in total. The van der Waals surface area contributed by atoms with Gasteiger partial charge >= 0.3 is 16.2 Å². The number of aryl methyl sites for hydroxylation is 1. The van der Waals surface area contributed by atoms with E-state index in [4.69, 9.17) is 0 Å². The molecular weight excluding hydrogens is 340 g/mol. The summed E-state index contributed by atoms with van der Waals surface area (Å²) in [5.74, 6) is -1.86. The number of hydroxylamine groups is 2. The maximum Gasteiger partial charge on any atom is 0.407 e. The highest BCUT2D eigenvalue weighted by Gasteiger charge is 2.43. The van der Waals surface area contributed by atoms with Crippen LogP contribution in [0, 0.1) is 6.92 Å². The Morgan fingerprint density at radius 1 is 1.29 bits per heavy atom. The van der Waals surface area contributed by atoms with Crippen LogP contribution in [0.4, 0.5) is 4.79 Å². The second kappa shape index (κ2) is 6.97. The lowest BCUT2D eigenvalue weighted by Gasteiger charge is -2.14. The van der Waals surface area contributed by atoms with Crippen molar-refractivity contribution in [3.8, 4) is 0 Å². The van der Waals surface area contributed by atoms with Crippen LogP contribution in [0.25, 0.3) is 0 Å². The molecule has 0 radical (unpaired) electrons. The second-order valence-electron chi connectivity index (χ2n) is 4.99. The number of carbonyl (C=O) groups excluding carboxylic acids is 3. The van der Waals surface area contributed by atoms with Crippen LogP contribution in [0.3, 0.4) is 0 Å². The molecule has 0 aromatic heterocycles. The number of imide groups is 1. The summed E-state index contributed by atoms with van der Waals surface area (Å²) in [7, 11) is -4.35. The maximum atomic E-state index is 12.1. The molecule has 0 aliphatic carbocycles. The van der Waals surface area contributed by atoms with E-state index in [-0.39, 0.29) is 16.6 Å². The fourth-order valence-corrected chi connectivity index (χ4v) is 2.87. The molecule has 0 unspecified atom stereocenters. The Bertz CT molecular complexity index is 758. The second-order valence-corrected chi connectivity index (χ2v) is 6.52. The minimum Gasteiger partial charge on any atom is -0.450 e. The van der Waals surface area contributed by atoms with Gasteiger partial charge in [-0.15, -0.1) is 9.35 Å². The van der Waals surface area contributed by atoms with Crippen molar-refractivity contribution in [3.05, 3.63) is 29.8 Å². The molecule has 1 aliphatic heterocycles. The van der Waals surface area contributed by atoms with Gasteiger partial charge in [-0.05, 0) is 26.0 Å². The summed E-state index contributed by atoms with van der Waals surface area (Å²) in [5.41, 5.74) is 0.834. The van der Waals surface area contributed by atoms with Crippen LogP contribution in [0.2, 0.25) is 0 Å². The third kappa shape index (κ3) is 3.89. The number of amides is 3. The van der Waals surface area contributed by atoms with Gasteiger partial charge in [-0.1, -0.05) is 17.7 Å². The van der Waals surface area contributed by atoms with Crippen LogP contribution in [0.15, 0.2) is 29.2 Å². The molecule has 1 heterocycles. The van der Waals surface area contributed by atoms with E-state index >= 15 is 0 Å². The molecule has 1 saturated heterocycles. The maximum absolute atomic E-state index is 12.1. The van der Waals surface area contributed by atoms with Crippen molar-refractivity contribution in [2.45, 2.75) is 31.2 Å². The Morgan fingerprint density at radius 2 is 1.92 bits per heavy atom. The van der Waals surface area contributed by atoms with Crippen LogP contribution >= 0.6 is 0 Å². The van der Waals surface area contributed by atoms with E-state index in [2.05, 4.69) is 14.3 Å². The highest BCUT2D eigenvalue weighted by Crippen LogP contribution is 2.20. The molecule has 1 N–H and O–H groups in total. The number of hydrogen-bond acceptors (Lipinski definition) is 7. The van der Waals surface area contributed by atoms with Gasteiger partial charge in [0.05, 0.1) is 17.9 Å². The summed E-state index contributed by atoms with van der Waals surface area (Å²) in [6.45, 7) is 3.43. The normalized spacial score (nSPS) is 17.9. The van der Waals surface area contributed by atoms with Gasteiger partial charge in [0.2, 0.25) is 0 Å². The van der Waals surface area contributed by atoms with Crippen molar-refractivity contribution in [3.63, 3.8) is 0 Å². The van der Waals surface area contributed by atoms with Crippen LogP contribution in [0.5, 0.6) is 0 Å². The lowest BCUT2D eigenvalue weighted by molar-refractivity contribution is -0.164. The molecule has 1 fully saturated rings. The molecule has 0 bridgehead atoms. The summed E-state index contributed by atoms with van der Waals surface area (Å²) >= 11 is 0. The lowest BCUT2D eigenvalue weighted by atomic mass is 10.2. The summed E-state index contributed by atoms with van der Waals surface area (Å²) in [6, 6.07) is 4.46. The Balaban J connectivity index is 2.11. The van der Waals surface area contributed by atoms with E-state index < -0.39 is 40.5 Å². The summed E-state index contributed by atoms with van der Waals surface area (Å²) in [5, 5.41) is 2.32. The van der Waals surface area contributed by atoms with Crippen molar-refractivity contribution >= 4 is 28.0 Å². The van der Waals surface area contributed by atoms with E-state index in [0.717, 1.165) is 5.56 Å². The van der Waals surface area contributed by atoms with Crippen molar-refractivity contribution < 1.29 is 31.8 Å². The molecule has 10 heteroatoms. The van der Waals surface area contributed by atoms with Gasteiger partial charge < -0.3 is 10.1 Å². The van der Waals surface area contributed by atoms with Gasteiger partial charge in [0, 0.05) is 0 Å². The molecule has 130 valence electrons. The zero-order valence-corrected chi connectivity index (χ0v) is 13.8. The fraction of sp³-hybridized carbons (Fsp3) is 0.357. The Hall–Kier alpha value is -2.46. The van der Waals surface area contributed by atoms with E-state index in [0.29, 0.717) is 0 Å². The molecule has 0 saturated carbocycles. The van der Waals surface area contributed by atoms with E-state index in [1.54, 1.807) is 26.0 Å². The number of alkyl carbamates (subject to hydrolysis) is 1. The first-order valence-electron chi connectivity index (χ1n) is 7.06. The van der Waals surface area contributed by atoms with Crippen LogP contribution < -0.4 is 5.32 Å². The van der Waals surface area contributed by atoms with Crippen molar-refractivity contribution in [1.82, 2.24) is 10.4 Å². The molecular formula is C14H16N2O7S. The highest BCUT2D eigenvalue weighted by molar-refractivity contribution is 7.86. The lowest BCUT2D eigenvalue weighted by Crippen LogP contribution is -2.42. The Morgan fingerprint density at radius 3 is 2.50 bits per heavy atom. The largest absolute Gasteiger partial charge is 0.450 e. The first-order chi connectivity index (χ1) is 11.2. The third-order valence-corrected chi connectivity index (χ3v) is 4.35. The van der Waals surface area contributed by atoms with Gasteiger partial charge in [-0.3, -0.25) is 9.59 Å². The summed E-state index contributed by atoms with van der Waals surface area (Å²) < 4.78 is 33.5. The molecule has 0 spiro atoms. The summed E-state index contributed by atoms with van der Waals surface area (Å²) in [4.78, 5) is 35.0. The smallest absolute Gasteiger partial charge is 0.407 e. The predicted molar refractivity (Wildman–Crippen MR) is 79.9 cm³/mol. The number of rotatable bonds is 5. The van der Waals surface area contributed by atoms with Gasteiger partial charge in [0.25, 0.3) is 11.8 Å². The monoisotopic (exact) mass is 356 g/mol. The topological polar surface area (TPSA) is 119 Å². The zero-order valence-electron chi connectivity index (χ0n) is 13.0. The molecule has 3 amide bonds. The Kier molecular flexibility index (Phi) is 5.20. The summed E-state index contributed by atoms with van der Waals surface area (Å²) in [6.07, 6.45) is -1.30. The highest BCUT2D eigenvalue weighted by atomic mass is 32.2. The number of benzene rings is 1. The average molecular weight is 356 g/mol. The number of ether oxygens (including phenoxy) is 1. The average Bonchev–Trinajstić information content (AvgIpc) is 2.75. The predicted octanol–water partition coefficient (Wildman–Crippen LogP) is 0.489. The zero-order chi connectivity index (χ0) is 17.9. The van der Waals surface area contributed by atoms with E-state index in [9.17, 15) is 22.8 Å². The van der Waals surface area contributed by atoms with Crippen molar-refractivity contribution in [2.24, 2.45) is 0 Å². The number of carbonyl (C=O) groups is 3. The Labute approximate surface area is 138 Å². The quantitative estimate of drug-likeness (QED) is 0.762. The first-order valence-corrected chi connectivity index (χ1v) is 8.46. The number of nitrogens with one attached hydrogen (secondary N) is 1. The fourth-order valence-electron chi connectivity index (χ4n) is 1.96. The van der Waals surface area contributed by atoms with Gasteiger partial charge in [-0.25, -0.2) is 4.79 Å². The van der Waals surface area contributed by atoms with Gasteiger partial charge in [-0.2, -0.15) is 8.42 Å². The van der Waals surface area contributed by atoms with Crippen LogP contribution in [0.1, 0.15) is 18.9 Å². The number of nitrogens with zero attached hydrogens (tertiary/aromatic N) is 1. The van der Waals surface area contributed by atoms with Gasteiger partial charge in [0.1, 0.15) is 6.04 Å². The molecule has 1 atom stereocenters. The van der Waals surface area contributed by atoms with Gasteiger partial charge in [0.15, 0.2) is 0 Å². The third-order valence-electron chi connectivity index (χ3n) is 3.15. The molecule has 24 heavy (non-hydrogen) atoms. The molecule has 2 rings (SSSR count). The van der Waals surface area contributed by atoms with E-state index in [1.165, 1.54) is 12.1 Å². The standard InChI is InChI=1S/C14H16N2O7S/c1-3-22-14(19)15-11-8-12(17)16(13(11)18)23-24(20,21)10-6-4-9(2)5-7-10/h4-7,11H,3,8H2,1-2H3,(H,15,19)/t11-/m0/s1. The SMILES string of the molecule is CCOC(=O)N[C@H]1CC(=O)N(OS(=O)(=O)c2ccc(C)cc2)C1=O.